The highest BCUT2D eigenvalue weighted by atomic mass is 32.2. The molecule has 0 fully saturated rings. The first kappa shape index (κ1) is 15.0. The van der Waals surface area contributed by atoms with Crippen molar-refractivity contribution in [3.8, 4) is 0 Å². The summed E-state index contributed by atoms with van der Waals surface area (Å²) in [6, 6.07) is 5.20. The minimum atomic E-state index is -3.69. The van der Waals surface area contributed by atoms with Gasteiger partial charge in [0.1, 0.15) is 0 Å². The number of hydrogen-bond donors (Lipinski definition) is 1. The molecule has 22 heavy (non-hydrogen) atoms. The average Bonchev–Trinajstić information content (AvgIpc) is 2.89. The first-order valence-electron chi connectivity index (χ1n) is 6.71. The zero-order valence-corrected chi connectivity index (χ0v) is 14.3. The fourth-order valence-corrected chi connectivity index (χ4v) is 4.33. The van der Waals surface area contributed by atoms with Gasteiger partial charge < -0.3 is 0 Å². The molecule has 0 aliphatic heterocycles. The molecule has 0 unspecified atom stereocenters. The van der Waals surface area contributed by atoms with Gasteiger partial charge in [-0.3, -0.25) is 0 Å². The van der Waals surface area contributed by atoms with Crippen molar-refractivity contribution in [3.05, 3.63) is 39.9 Å². The lowest BCUT2D eigenvalue weighted by Crippen LogP contribution is -2.15. The molecular weight excluding hydrogens is 320 g/mol. The number of fused-ring (bicyclic) bond motifs is 1. The summed E-state index contributed by atoms with van der Waals surface area (Å²) >= 11 is 1.48. The van der Waals surface area contributed by atoms with E-state index in [9.17, 15) is 8.42 Å². The number of nitrogens with one attached hydrogen (secondary N) is 1. The minimum Gasteiger partial charge on any atom is -0.246 e. The lowest BCUT2D eigenvalue weighted by Gasteiger charge is -2.08. The number of benzene rings is 1. The Kier molecular flexibility index (Phi) is 3.45. The van der Waals surface area contributed by atoms with Gasteiger partial charge in [-0.15, -0.1) is 5.10 Å². The van der Waals surface area contributed by atoms with Gasteiger partial charge in [0.05, 0.1) is 10.6 Å². The van der Waals surface area contributed by atoms with Crippen LogP contribution in [0.25, 0.3) is 4.96 Å². The molecule has 0 bridgehead atoms. The Bertz CT molecular complexity index is 970. The normalized spacial score (nSPS) is 12.0. The third-order valence-electron chi connectivity index (χ3n) is 3.49. The van der Waals surface area contributed by atoms with Crippen molar-refractivity contribution in [1.82, 2.24) is 14.6 Å². The Hall–Kier alpha value is -1.93. The average molecular weight is 336 g/mol. The lowest BCUT2D eigenvalue weighted by molar-refractivity contribution is 0.600. The van der Waals surface area contributed by atoms with E-state index in [1.165, 1.54) is 11.3 Å². The van der Waals surface area contributed by atoms with Gasteiger partial charge in [-0.25, -0.2) is 17.7 Å². The van der Waals surface area contributed by atoms with E-state index in [1.807, 2.05) is 26.8 Å². The van der Waals surface area contributed by atoms with Crippen LogP contribution in [0.2, 0.25) is 0 Å². The second kappa shape index (κ2) is 5.06. The second-order valence-electron chi connectivity index (χ2n) is 5.25. The van der Waals surface area contributed by atoms with Gasteiger partial charge in [0, 0.05) is 4.88 Å². The predicted molar refractivity (Wildman–Crippen MR) is 87.1 cm³/mol. The largest absolute Gasteiger partial charge is 0.264 e. The Morgan fingerprint density at radius 1 is 1.18 bits per heavy atom. The van der Waals surface area contributed by atoms with Crippen LogP contribution in [0.4, 0.5) is 5.95 Å². The van der Waals surface area contributed by atoms with E-state index in [4.69, 9.17) is 0 Å². The summed E-state index contributed by atoms with van der Waals surface area (Å²) in [5.74, 6) is 0.0920. The Morgan fingerprint density at radius 2 is 1.91 bits per heavy atom. The summed E-state index contributed by atoms with van der Waals surface area (Å²) < 4.78 is 29.1. The Labute approximate surface area is 132 Å². The maximum absolute atomic E-state index is 12.5. The predicted octanol–water partition coefficient (Wildman–Crippen LogP) is 2.83. The van der Waals surface area contributed by atoms with Crippen molar-refractivity contribution in [2.75, 3.05) is 4.72 Å². The molecule has 0 saturated heterocycles. The molecular formula is C14H16N4O2S2. The first-order chi connectivity index (χ1) is 10.3. The maximum atomic E-state index is 12.5. The van der Waals surface area contributed by atoms with E-state index in [0.717, 1.165) is 16.1 Å². The number of thiazole rings is 1. The minimum absolute atomic E-state index is 0.0920. The van der Waals surface area contributed by atoms with Gasteiger partial charge in [0.25, 0.3) is 16.0 Å². The standard InChI is InChI=1S/C14H16N4O2S2/c1-8-5-6-12(9(2)7-8)22(19,20)17-13-15-14-18(16-13)10(3)11(4)21-14/h5-7H,1-4H3,(H,16,17). The van der Waals surface area contributed by atoms with Crippen LogP contribution < -0.4 is 4.72 Å². The fraction of sp³-hybridized carbons (Fsp3) is 0.286. The van der Waals surface area contributed by atoms with Crippen molar-refractivity contribution >= 4 is 32.3 Å². The van der Waals surface area contributed by atoms with E-state index < -0.39 is 10.0 Å². The molecule has 3 aromatic rings. The quantitative estimate of drug-likeness (QED) is 0.798. The van der Waals surface area contributed by atoms with Gasteiger partial charge >= 0.3 is 0 Å². The van der Waals surface area contributed by atoms with Crippen molar-refractivity contribution in [2.45, 2.75) is 32.6 Å². The van der Waals surface area contributed by atoms with Gasteiger partial charge in [-0.2, -0.15) is 4.98 Å². The highest BCUT2D eigenvalue weighted by Crippen LogP contribution is 2.23. The number of nitrogens with zero attached hydrogens (tertiary/aromatic N) is 3. The van der Waals surface area contributed by atoms with Gasteiger partial charge in [-0.1, -0.05) is 29.0 Å². The highest BCUT2D eigenvalue weighted by Gasteiger charge is 2.20. The molecule has 0 amide bonds. The van der Waals surface area contributed by atoms with E-state index in [1.54, 1.807) is 23.6 Å². The molecule has 0 spiro atoms. The van der Waals surface area contributed by atoms with Gasteiger partial charge in [0.15, 0.2) is 0 Å². The molecule has 0 aliphatic carbocycles. The topological polar surface area (TPSA) is 76.4 Å². The van der Waals surface area contributed by atoms with Crippen LogP contribution in [0.1, 0.15) is 21.7 Å². The number of aryl methyl sites for hydroxylation is 4. The Morgan fingerprint density at radius 3 is 2.55 bits per heavy atom. The molecule has 0 aliphatic rings. The van der Waals surface area contributed by atoms with E-state index in [0.29, 0.717) is 10.5 Å². The first-order valence-corrected chi connectivity index (χ1v) is 9.01. The SMILES string of the molecule is Cc1ccc(S(=O)(=O)Nc2nc3sc(C)c(C)n3n2)c(C)c1. The summed E-state index contributed by atoms with van der Waals surface area (Å²) in [5.41, 5.74) is 2.67. The van der Waals surface area contributed by atoms with Crippen LogP contribution in [0.15, 0.2) is 23.1 Å². The molecule has 2 heterocycles. The third kappa shape index (κ3) is 2.48. The fourth-order valence-electron chi connectivity index (χ4n) is 2.26. The van der Waals surface area contributed by atoms with Gasteiger partial charge in [-0.05, 0) is 39.3 Å². The zero-order chi connectivity index (χ0) is 16.1. The van der Waals surface area contributed by atoms with Crippen LogP contribution in [-0.2, 0) is 10.0 Å². The molecule has 8 heteroatoms. The summed E-state index contributed by atoms with van der Waals surface area (Å²) in [7, 11) is -3.69. The summed E-state index contributed by atoms with van der Waals surface area (Å²) in [4.78, 5) is 6.26. The highest BCUT2D eigenvalue weighted by molar-refractivity contribution is 7.92. The second-order valence-corrected chi connectivity index (χ2v) is 8.08. The van der Waals surface area contributed by atoms with Crippen LogP contribution in [0.5, 0.6) is 0 Å². The third-order valence-corrected chi connectivity index (χ3v) is 6.03. The molecule has 6 nitrogen and oxygen atoms in total. The molecule has 0 atom stereocenters. The molecule has 0 radical (unpaired) electrons. The van der Waals surface area contributed by atoms with Crippen molar-refractivity contribution in [2.24, 2.45) is 0 Å². The Balaban J connectivity index is 1.99. The van der Waals surface area contributed by atoms with Crippen molar-refractivity contribution in [3.63, 3.8) is 0 Å². The van der Waals surface area contributed by atoms with Gasteiger partial charge in [0.2, 0.25) is 4.96 Å². The molecule has 0 saturated carbocycles. The zero-order valence-electron chi connectivity index (χ0n) is 12.7. The number of sulfonamides is 1. The van der Waals surface area contributed by atoms with Crippen LogP contribution in [0.3, 0.4) is 0 Å². The van der Waals surface area contributed by atoms with E-state index >= 15 is 0 Å². The number of aromatic nitrogens is 3. The van der Waals surface area contributed by atoms with Crippen LogP contribution in [0, 0.1) is 27.7 Å². The van der Waals surface area contributed by atoms with Crippen LogP contribution >= 0.6 is 11.3 Å². The summed E-state index contributed by atoms with van der Waals surface area (Å²) in [6.45, 7) is 7.60. The van der Waals surface area contributed by atoms with Crippen molar-refractivity contribution in [1.29, 1.82) is 0 Å². The lowest BCUT2D eigenvalue weighted by atomic mass is 10.2. The van der Waals surface area contributed by atoms with Crippen LogP contribution in [-0.4, -0.2) is 23.0 Å². The van der Waals surface area contributed by atoms with E-state index in [2.05, 4.69) is 14.8 Å². The number of anilines is 1. The van der Waals surface area contributed by atoms with Crippen molar-refractivity contribution < 1.29 is 8.42 Å². The molecule has 1 aromatic carbocycles. The molecule has 3 rings (SSSR count). The number of rotatable bonds is 3. The summed E-state index contributed by atoms with van der Waals surface area (Å²) in [5, 5.41) is 4.22. The molecule has 2 aromatic heterocycles. The monoisotopic (exact) mass is 336 g/mol. The number of hydrogen-bond acceptors (Lipinski definition) is 5. The maximum Gasteiger partial charge on any atom is 0.264 e. The summed E-state index contributed by atoms with van der Waals surface area (Å²) in [6.07, 6.45) is 0. The molecule has 116 valence electrons. The van der Waals surface area contributed by atoms with E-state index in [-0.39, 0.29) is 10.8 Å². The smallest absolute Gasteiger partial charge is 0.246 e. The molecule has 1 N–H and O–H groups in total.